The fourth-order valence-electron chi connectivity index (χ4n) is 5.12. The van der Waals surface area contributed by atoms with Gasteiger partial charge in [0, 0.05) is 24.6 Å². The number of aliphatic hydroxyl groups is 2. The number of thioether (sulfide) groups is 1. The van der Waals surface area contributed by atoms with Gasteiger partial charge in [-0.1, -0.05) is 0 Å². The van der Waals surface area contributed by atoms with Crippen LogP contribution >= 0.6 is 11.8 Å². The third kappa shape index (κ3) is 2.82. The van der Waals surface area contributed by atoms with Crippen molar-refractivity contribution in [3.05, 3.63) is 0 Å². The third-order valence-corrected chi connectivity index (χ3v) is 8.45. The van der Waals surface area contributed by atoms with E-state index in [1.807, 2.05) is 0 Å². The lowest BCUT2D eigenvalue weighted by Crippen LogP contribution is -2.43. The summed E-state index contributed by atoms with van der Waals surface area (Å²) in [5.74, 6) is -2.63. The lowest BCUT2D eigenvalue weighted by atomic mass is 9.79. The number of imide groups is 2. The first-order valence-corrected chi connectivity index (χ1v) is 10.3. The van der Waals surface area contributed by atoms with E-state index in [1.165, 1.54) is 25.9 Å². The molecule has 2 N–H and O–H groups in total. The van der Waals surface area contributed by atoms with Gasteiger partial charge in [0.2, 0.25) is 23.6 Å². The second-order valence-electron chi connectivity index (χ2n) is 8.19. The Morgan fingerprint density at radius 2 is 0.963 bits per heavy atom. The predicted octanol–water partition coefficient (Wildman–Crippen LogP) is -0.772. The van der Waals surface area contributed by atoms with Crippen molar-refractivity contribution in [3.8, 4) is 0 Å². The molecule has 2 heterocycles. The summed E-state index contributed by atoms with van der Waals surface area (Å²) >= 11 is 1.40. The Hall–Kier alpha value is -1.45. The molecule has 4 fully saturated rings. The van der Waals surface area contributed by atoms with Crippen LogP contribution in [0.1, 0.15) is 25.7 Å². The maximum Gasteiger partial charge on any atom is 0.232 e. The summed E-state index contributed by atoms with van der Waals surface area (Å²) in [4.78, 5) is 51.2. The van der Waals surface area contributed by atoms with Gasteiger partial charge in [0.15, 0.2) is 0 Å². The average molecular weight is 396 g/mol. The van der Waals surface area contributed by atoms with Gasteiger partial charge in [-0.3, -0.25) is 29.0 Å². The van der Waals surface area contributed by atoms with Crippen LogP contribution in [0.3, 0.4) is 0 Å². The van der Waals surface area contributed by atoms with Gasteiger partial charge >= 0.3 is 0 Å². The molecule has 0 spiro atoms. The van der Waals surface area contributed by atoms with Crippen molar-refractivity contribution in [2.24, 2.45) is 23.7 Å². The Kier molecular flexibility index (Phi) is 4.59. The summed E-state index contributed by atoms with van der Waals surface area (Å²) in [6.45, 7) is 0. The van der Waals surface area contributed by atoms with Crippen molar-refractivity contribution in [1.82, 2.24) is 9.80 Å². The molecule has 0 aromatic heterocycles. The second kappa shape index (κ2) is 6.56. The fourth-order valence-corrected chi connectivity index (χ4v) is 6.79. The molecule has 2 aliphatic carbocycles. The number of rotatable bonds is 2. The van der Waals surface area contributed by atoms with Gasteiger partial charge in [0.05, 0.1) is 35.9 Å². The van der Waals surface area contributed by atoms with Crippen LogP contribution in [0, 0.1) is 23.7 Å². The van der Waals surface area contributed by atoms with Crippen molar-refractivity contribution in [3.63, 3.8) is 0 Å². The second-order valence-corrected chi connectivity index (χ2v) is 9.67. The van der Waals surface area contributed by atoms with E-state index in [4.69, 9.17) is 0 Å². The van der Waals surface area contributed by atoms with Crippen LogP contribution in [0.4, 0.5) is 0 Å². The topological polar surface area (TPSA) is 115 Å². The molecule has 9 heteroatoms. The maximum absolute atomic E-state index is 12.3. The van der Waals surface area contributed by atoms with E-state index in [0.717, 1.165) is 9.80 Å². The molecule has 148 valence electrons. The molecule has 4 amide bonds. The molecule has 2 saturated heterocycles. The number of hydrogen-bond acceptors (Lipinski definition) is 7. The predicted molar refractivity (Wildman–Crippen MR) is 95.2 cm³/mol. The molecule has 8 nitrogen and oxygen atoms in total. The number of fused-ring (bicyclic) bond motifs is 2. The molecule has 0 aromatic rings. The van der Waals surface area contributed by atoms with Crippen molar-refractivity contribution in [2.75, 3.05) is 14.1 Å². The first kappa shape index (κ1) is 18.9. The van der Waals surface area contributed by atoms with Crippen LogP contribution in [0.25, 0.3) is 0 Å². The van der Waals surface area contributed by atoms with Crippen LogP contribution < -0.4 is 0 Å². The number of carbonyl (C=O) groups excluding carboxylic acids is 4. The van der Waals surface area contributed by atoms with Gasteiger partial charge < -0.3 is 10.2 Å². The molecule has 0 radical (unpaired) electrons. The van der Waals surface area contributed by atoms with Gasteiger partial charge in [0.25, 0.3) is 0 Å². The van der Waals surface area contributed by atoms with Crippen LogP contribution in [0.2, 0.25) is 0 Å². The molecule has 2 saturated carbocycles. The summed E-state index contributed by atoms with van der Waals surface area (Å²) in [6.07, 6.45) is -0.232. The fraction of sp³-hybridized carbons (Fsp3) is 0.778. The SMILES string of the molecule is CN1C(=O)C2CC(O)C(SC3CC4C(=O)N(C)C(=O)C4CC3O)CC2C1=O. The number of likely N-dealkylation sites (tertiary alicyclic amines) is 2. The summed E-state index contributed by atoms with van der Waals surface area (Å²) in [5, 5.41) is 20.5. The number of aliphatic hydroxyl groups excluding tert-OH is 2. The Morgan fingerprint density at radius 1 is 0.667 bits per heavy atom. The molecule has 8 atom stereocenters. The zero-order chi connectivity index (χ0) is 19.6. The molecule has 4 rings (SSSR count). The molecule has 0 bridgehead atoms. The highest BCUT2D eigenvalue weighted by Gasteiger charge is 2.54. The first-order valence-electron chi connectivity index (χ1n) is 9.35. The Balaban J connectivity index is 1.46. The molecular weight excluding hydrogens is 372 g/mol. The highest BCUT2D eigenvalue weighted by atomic mass is 32.2. The van der Waals surface area contributed by atoms with Gasteiger partial charge in [-0.05, 0) is 25.7 Å². The quantitative estimate of drug-likeness (QED) is 0.589. The lowest BCUT2D eigenvalue weighted by Gasteiger charge is -2.39. The van der Waals surface area contributed by atoms with Gasteiger partial charge in [-0.15, -0.1) is 11.8 Å². The standard InChI is InChI=1S/C18H24N2O6S/c1-19-15(23)7-3-11(21)13(5-9(7)17(19)25)27-14-6-10-8(4-12(14)22)16(24)20(2)18(10)26/h7-14,21-22H,3-6H2,1-2H3. The van der Waals surface area contributed by atoms with Gasteiger partial charge in [-0.25, -0.2) is 0 Å². The average Bonchev–Trinajstić information content (AvgIpc) is 2.97. The Labute approximate surface area is 161 Å². The molecule has 27 heavy (non-hydrogen) atoms. The monoisotopic (exact) mass is 396 g/mol. The van der Waals surface area contributed by atoms with Crippen molar-refractivity contribution in [1.29, 1.82) is 0 Å². The smallest absolute Gasteiger partial charge is 0.232 e. The van der Waals surface area contributed by atoms with E-state index in [2.05, 4.69) is 0 Å². The molecule has 8 unspecified atom stereocenters. The number of carbonyl (C=O) groups is 4. The highest BCUT2D eigenvalue weighted by Crippen LogP contribution is 2.47. The van der Waals surface area contributed by atoms with Crippen molar-refractivity contribution >= 4 is 35.4 Å². The van der Waals surface area contributed by atoms with Crippen LogP contribution in [-0.4, -0.2) is 80.4 Å². The van der Waals surface area contributed by atoms with E-state index in [9.17, 15) is 29.4 Å². The summed E-state index contributed by atoms with van der Waals surface area (Å²) in [7, 11) is 2.95. The van der Waals surface area contributed by atoms with Crippen molar-refractivity contribution in [2.45, 2.75) is 48.4 Å². The zero-order valence-corrected chi connectivity index (χ0v) is 16.1. The van der Waals surface area contributed by atoms with Gasteiger partial charge in [0.1, 0.15) is 0 Å². The normalized spacial score (nSPS) is 44.7. The minimum atomic E-state index is -0.743. The van der Waals surface area contributed by atoms with Crippen LogP contribution in [0.5, 0.6) is 0 Å². The third-order valence-electron chi connectivity index (χ3n) is 6.73. The molecule has 2 aliphatic heterocycles. The zero-order valence-electron chi connectivity index (χ0n) is 15.3. The van der Waals surface area contributed by atoms with E-state index >= 15 is 0 Å². The van der Waals surface area contributed by atoms with Crippen LogP contribution in [-0.2, 0) is 19.2 Å². The van der Waals surface area contributed by atoms with E-state index in [1.54, 1.807) is 0 Å². The van der Waals surface area contributed by atoms with E-state index < -0.39 is 35.9 Å². The highest BCUT2D eigenvalue weighted by molar-refractivity contribution is 8.00. The Bertz CT molecular complexity index is 656. The molecular formula is C18H24N2O6S. The summed E-state index contributed by atoms with van der Waals surface area (Å²) < 4.78 is 0. The minimum Gasteiger partial charge on any atom is -0.392 e. The first-order chi connectivity index (χ1) is 12.7. The lowest BCUT2D eigenvalue weighted by molar-refractivity contribution is -0.139. The van der Waals surface area contributed by atoms with Crippen molar-refractivity contribution < 1.29 is 29.4 Å². The summed E-state index contributed by atoms with van der Waals surface area (Å²) in [6, 6.07) is 0. The molecule has 4 aliphatic rings. The number of amides is 4. The summed E-state index contributed by atoms with van der Waals surface area (Å²) in [5.41, 5.74) is 0. The van der Waals surface area contributed by atoms with E-state index in [0.29, 0.717) is 12.8 Å². The molecule has 0 aromatic carbocycles. The number of nitrogens with zero attached hydrogens (tertiary/aromatic N) is 2. The minimum absolute atomic E-state index is 0.204. The Morgan fingerprint density at radius 3 is 1.30 bits per heavy atom. The maximum atomic E-state index is 12.3. The van der Waals surface area contributed by atoms with E-state index in [-0.39, 0.29) is 47.0 Å². The largest absolute Gasteiger partial charge is 0.392 e. The number of hydrogen-bond donors (Lipinski definition) is 2. The van der Waals surface area contributed by atoms with Crippen LogP contribution in [0.15, 0.2) is 0 Å². The van der Waals surface area contributed by atoms with Gasteiger partial charge in [-0.2, -0.15) is 0 Å².